The predicted octanol–water partition coefficient (Wildman–Crippen LogP) is 5.25. The smallest absolute Gasteiger partial charge is 0.306 e. The van der Waals surface area contributed by atoms with Crippen molar-refractivity contribution in [2.45, 2.75) is 56.2 Å². The molecule has 1 aromatic rings. The lowest BCUT2D eigenvalue weighted by atomic mass is 9.49. The summed E-state index contributed by atoms with van der Waals surface area (Å²) in [5.41, 5.74) is 1.51. The molecule has 4 atom stereocenters. The maximum absolute atomic E-state index is 12.5. The van der Waals surface area contributed by atoms with Gasteiger partial charge in [0.15, 0.2) is 6.61 Å². The lowest BCUT2D eigenvalue weighted by molar-refractivity contribution is -0.153. The van der Waals surface area contributed by atoms with Crippen molar-refractivity contribution in [1.29, 1.82) is 0 Å². The highest BCUT2D eigenvalue weighted by Gasteiger charge is 2.57. The fraction of sp³-hybridized carbons (Fsp3) is 0.619. The molecule has 1 amide bonds. The van der Waals surface area contributed by atoms with E-state index in [1.165, 1.54) is 19.3 Å². The molecular weight excluding hydrogens is 430 g/mol. The fourth-order valence-electron chi connectivity index (χ4n) is 5.98. The summed E-state index contributed by atoms with van der Waals surface area (Å²) in [5.74, 6) is 0.863. The number of alkyl halides is 1. The molecular formula is C21H25BrClNO3. The van der Waals surface area contributed by atoms with Crippen LogP contribution in [0.3, 0.4) is 0 Å². The number of hydrogen-bond donors (Lipinski definition) is 1. The number of anilines is 1. The third-order valence-electron chi connectivity index (χ3n) is 6.54. The zero-order chi connectivity index (χ0) is 19.2. The Balaban J connectivity index is 1.31. The van der Waals surface area contributed by atoms with Gasteiger partial charge in [-0.2, -0.15) is 0 Å². The number of carbonyl (C=O) groups is 2. The van der Waals surface area contributed by atoms with Crippen molar-refractivity contribution >= 4 is 45.1 Å². The number of benzene rings is 1. The highest BCUT2D eigenvalue weighted by molar-refractivity contribution is 9.10. The van der Waals surface area contributed by atoms with Crippen molar-refractivity contribution in [3.8, 4) is 0 Å². The predicted molar refractivity (Wildman–Crippen MR) is 109 cm³/mol. The molecule has 146 valence electrons. The van der Waals surface area contributed by atoms with Crippen LogP contribution in [0.1, 0.15) is 50.5 Å². The summed E-state index contributed by atoms with van der Waals surface area (Å²) in [6.45, 7) is 1.58. The van der Waals surface area contributed by atoms with Gasteiger partial charge in [0.2, 0.25) is 0 Å². The van der Waals surface area contributed by atoms with E-state index in [9.17, 15) is 9.59 Å². The van der Waals surface area contributed by atoms with Crippen molar-refractivity contribution in [2.24, 2.45) is 17.3 Å². The molecule has 27 heavy (non-hydrogen) atoms. The van der Waals surface area contributed by atoms with Gasteiger partial charge in [-0.1, -0.05) is 33.6 Å². The number of hydrogen-bond acceptors (Lipinski definition) is 3. The van der Waals surface area contributed by atoms with E-state index in [1.807, 2.05) is 6.92 Å². The lowest BCUT2D eigenvalue weighted by Crippen LogP contribution is -2.53. The number of amides is 1. The van der Waals surface area contributed by atoms with E-state index < -0.39 is 0 Å². The van der Waals surface area contributed by atoms with Crippen LogP contribution in [0, 0.1) is 24.2 Å². The van der Waals surface area contributed by atoms with Crippen molar-refractivity contribution < 1.29 is 14.3 Å². The first-order valence-electron chi connectivity index (χ1n) is 9.65. The highest BCUT2D eigenvalue weighted by atomic mass is 79.9. The van der Waals surface area contributed by atoms with Crippen LogP contribution in [0.15, 0.2) is 18.2 Å². The first-order chi connectivity index (χ1) is 12.8. The summed E-state index contributed by atoms with van der Waals surface area (Å²) in [6, 6.07) is 5.33. The molecule has 4 aliphatic rings. The summed E-state index contributed by atoms with van der Waals surface area (Å²) in [6.07, 6.45) is 7.52. The third-order valence-corrected chi connectivity index (χ3v) is 7.87. The minimum absolute atomic E-state index is 0.0602. The largest absolute Gasteiger partial charge is 0.456 e. The molecule has 4 aliphatic carbocycles. The molecule has 0 heterocycles. The van der Waals surface area contributed by atoms with Crippen LogP contribution in [0.5, 0.6) is 0 Å². The Morgan fingerprint density at radius 3 is 2.63 bits per heavy atom. The highest BCUT2D eigenvalue weighted by Crippen LogP contribution is 2.65. The molecule has 4 bridgehead atoms. The van der Waals surface area contributed by atoms with Gasteiger partial charge in [0.1, 0.15) is 0 Å². The molecule has 0 radical (unpaired) electrons. The fourth-order valence-corrected chi connectivity index (χ4v) is 7.66. The van der Waals surface area contributed by atoms with Crippen LogP contribution < -0.4 is 5.32 Å². The van der Waals surface area contributed by atoms with Crippen LogP contribution in [0.2, 0.25) is 5.02 Å². The Hall–Kier alpha value is -1.07. The van der Waals surface area contributed by atoms with E-state index in [1.54, 1.807) is 18.2 Å². The quantitative estimate of drug-likeness (QED) is 0.488. The Labute approximate surface area is 173 Å². The number of nitrogens with one attached hydrogen (secondary N) is 1. The zero-order valence-corrected chi connectivity index (χ0v) is 17.9. The molecule has 0 aliphatic heterocycles. The Kier molecular flexibility index (Phi) is 5.04. The molecule has 0 aromatic heterocycles. The number of halogens is 2. The second kappa shape index (κ2) is 7.07. The van der Waals surface area contributed by atoms with E-state index in [2.05, 4.69) is 21.2 Å². The molecule has 6 heteroatoms. The Morgan fingerprint density at radius 1 is 1.26 bits per heavy atom. The molecule has 1 aromatic carbocycles. The SMILES string of the molecule is Cc1c(Cl)cccc1NC(=O)COC(=O)CC12C[C@@H]3C[C@@H](CC(Br)(C3)C1)C2. The number of esters is 1. The van der Waals surface area contributed by atoms with Crippen LogP contribution in [0.25, 0.3) is 0 Å². The number of carbonyl (C=O) groups excluding carboxylic acids is 2. The Bertz CT molecular complexity index is 767. The molecule has 4 fully saturated rings. The van der Waals surface area contributed by atoms with Gasteiger partial charge in [0.05, 0.1) is 6.42 Å². The van der Waals surface area contributed by atoms with E-state index in [-0.39, 0.29) is 28.2 Å². The summed E-state index contributed by atoms with van der Waals surface area (Å²) in [4.78, 5) is 24.6. The molecule has 4 saturated carbocycles. The van der Waals surface area contributed by atoms with Gasteiger partial charge in [-0.25, -0.2) is 0 Å². The second-order valence-electron chi connectivity index (χ2n) is 8.91. The average Bonchev–Trinajstić information content (AvgIpc) is 2.54. The number of ether oxygens (including phenoxy) is 1. The van der Waals surface area contributed by atoms with Crippen molar-refractivity contribution in [3.05, 3.63) is 28.8 Å². The van der Waals surface area contributed by atoms with Crippen LogP contribution in [-0.2, 0) is 14.3 Å². The first kappa shape index (κ1) is 19.3. The monoisotopic (exact) mass is 453 g/mol. The van der Waals surface area contributed by atoms with Gasteiger partial charge >= 0.3 is 5.97 Å². The second-order valence-corrected chi connectivity index (χ2v) is 11.0. The summed E-state index contributed by atoms with van der Waals surface area (Å²) >= 11 is 10.0. The van der Waals surface area contributed by atoms with Crippen LogP contribution in [0.4, 0.5) is 5.69 Å². The molecule has 0 saturated heterocycles. The Morgan fingerprint density at radius 2 is 1.96 bits per heavy atom. The van der Waals surface area contributed by atoms with Crippen molar-refractivity contribution in [1.82, 2.24) is 0 Å². The normalized spacial score (nSPS) is 33.7. The van der Waals surface area contributed by atoms with E-state index >= 15 is 0 Å². The van der Waals surface area contributed by atoms with Gasteiger partial charge in [-0.05, 0) is 80.4 Å². The third kappa shape index (κ3) is 4.04. The van der Waals surface area contributed by atoms with Gasteiger partial charge in [0, 0.05) is 15.0 Å². The molecule has 0 spiro atoms. The molecule has 4 nitrogen and oxygen atoms in total. The van der Waals surface area contributed by atoms with E-state index in [0.29, 0.717) is 17.1 Å². The molecule has 1 N–H and O–H groups in total. The average molecular weight is 455 g/mol. The summed E-state index contributed by atoms with van der Waals surface area (Å²) in [7, 11) is 0. The minimum atomic E-state index is -0.337. The summed E-state index contributed by atoms with van der Waals surface area (Å²) in [5, 5.41) is 3.36. The van der Waals surface area contributed by atoms with Crippen molar-refractivity contribution in [2.75, 3.05) is 11.9 Å². The van der Waals surface area contributed by atoms with Crippen LogP contribution in [-0.4, -0.2) is 22.8 Å². The van der Waals surface area contributed by atoms with Crippen LogP contribution >= 0.6 is 27.5 Å². The van der Waals surface area contributed by atoms with E-state index in [0.717, 1.165) is 36.7 Å². The summed E-state index contributed by atoms with van der Waals surface area (Å²) < 4.78 is 5.54. The first-order valence-corrected chi connectivity index (χ1v) is 10.8. The standard InChI is InChI=1S/C21H25BrClNO3/c1-13-16(23)3-2-4-17(13)24-18(25)11-27-19(26)10-20-6-14-5-15(7-20)9-21(22,8-14)12-20/h2-4,14-15H,5-12H2,1H3,(H,24,25)/t14-,15+,20?,21?. The van der Waals surface area contributed by atoms with Gasteiger partial charge in [0.25, 0.3) is 5.91 Å². The number of rotatable bonds is 5. The lowest BCUT2D eigenvalue weighted by Gasteiger charge is -2.60. The van der Waals surface area contributed by atoms with Gasteiger partial charge in [-0.3, -0.25) is 9.59 Å². The maximum atomic E-state index is 12.5. The van der Waals surface area contributed by atoms with Gasteiger partial charge in [-0.15, -0.1) is 0 Å². The van der Waals surface area contributed by atoms with Crippen molar-refractivity contribution in [3.63, 3.8) is 0 Å². The zero-order valence-electron chi connectivity index (χ0n) is 15.5. The van der Waals surface area contributed by atoms with Gasteiger partial charge < -0.3 is 10.1 Å². The topological polar surface area (TPSA) is 55.4 Å². The molecule has 5 rings (SSSR count). The van der Waals surface area contributed by atoms with E-state index in [4.69, 9.17) is 16.3 Å². The maximum Gasteiger partial charge on any atom is 0.306 e. The molecule has 2 unspecified atom stereocenters. The minimum Gasteiger partial charge on any atom is -0.456 e.